The highest BCUT2D eigenvalue weighted by Gasteiger charge is 1.97. The van der Waals surface area contributed by atoms with Gasteiger partial charge in [-0.25, -0.2) is 0 Å². The molecule has 0 bridgehead atoms. The van der Waals surface area contributed by atoms with Crippen LogP contribution in [-0.2, 0) is 6.42 Å². The number of nitrogen functional groups attached to an aromatic ring is 1. The maximum absolute atomic E-state index is 5.47. The van der Waals surface area contributed by atoms with E-state index in [1.807, 2.05) is 18.2 Å². The summed E-state index contributed by atoms with van der Waals surface area (Å²) in [6, 6.07) is 11.9. The molecule has 4 heteroatoms. The van der Waals surface area contributed by atoms with Crippen LogP contribution in [0.15, 0.2) is 36.4 Å². The van der Waals surface area contributed by atoms with Gasteiger partial charge in [0, 0.05) is 5.69 Å². The molecule has 0 aliphatic heterocycles. The van der Waals surface area contributed by atoms with Gasteiger partial charge in [0.2, 0.25) is 0 Å². The molecule has 0 fully saturated rings. The quantitative estimate of drug-likeness (QED) is 0.844. The number of nitrogens with zero attached hydrogens (tertiary/aromatic N) is 2. The number of anilines is 3. The molecule has 0 saturated carbocycles. The lowest BCUT2D eigenvalue weighted by Gasteiger charge is -2.05. The Kier molecular flexibility index (Phi) is 3.55. The molecular formula is C13H16N4. The fraction of sp³-hybridized carbons (Fsp3) is 0.231. The van der Waals surface area contributed by atoms with E-state index in [1.165, 1.54) is 5.56 Å². The maximum atomic E-state index is 5.47. The second-order valence-electron chi connectivity index (χ2n) is 3.92. The average Bonchev–Trinajstić information content (AvgIpc) is 2.35. The van der Waals surface area contributed by atoms with Gasteiger partial charge in [0.1, 0.15) is 5.82 Å². The molecule has 0 atom stereocenters. The summed E-state index contributed by atoms with van der Waals surface area (Å²) in [4.78, 5) is 0. The van der Waals surface area contributed by atoms with Gasteiger partial charge in [-0.2, -0.15) is 0 Å². The molecule has 17 heavy (non-hydrogen) atoms. The van der Waals surface area contributed by atoms with Crippen molar-refractivity contribution in [3.05, 3.63) is 42.0 Å². The number of aromatic nitrogens is 2. The molecule has 0 unspecified atom stereocenters. The smallest absolute Gasteiger partial charge is 0.153 e. The lowest BCUT2D eigenvalue weighted by Crippen LogP contribution is -1.98. The third kappa shape index (κ3) is 3.17. The van der Waals surface area contributed by atoms with Crippen LogP contribution in [0.4, 0.5) is 17.3 Å². The SMILES string of the molecule is CCCc1ccc(Nc2ccc(N)nn2)cc1. The van der Waals surface area contributed by atoms with Crippen molar-refractivity contribution in [2.45, 2.75) is 19.8 Å². The minimum atomic E-state index is 0.425. The van der Waals surface area contributed by atoms with Gasteiger partial charge in [-0.3, -0.25) is 0 Å². The Hall–Kier alpha value is -2.10. The predicted molar refractivity (Wildman–Crippen MR) is 70.2 cm³/mol. The van der Waals surface area contributed by atoms with E-state index in [-0.39, 0.29) is 0 Å². The molecule has 0 saturated heterocycles. The number of hydrogen-bond donors (Lipinski definition) is 2. The van der Waals surface area contributed by atoms with Crippen LogP contribution in [0.5, 0.6) is 0 Å². The molecule has 1 aromatic carbocycles. The van der Waals surface area contributed by atoms with E-state index < -0.39 is 0 Å². The lowest BCUT2D eigenvalue weighted by atomic mass is 10.1. The zero-order valence-corrected chi connectivity index (χ0v) is 9.85. The van der Waals surface area contributed by atoms with Crippen molar-refractivity contribution in [2.24, 2.45) is 0 Å². The molecule has 2 rings (SSSR count). The molecule has 3 N–H and O–H groups in total. The molecule has 0 radical (unpaired) electrons. The van der Waals surface area contributed by atoms with Crippen LogP contribution in [0.25, 0.3) is 0 Å². The Morgan fingerprint density at radius 2 is 1.82 bits per heavy atom. The van der Waals surface area contributed by atoms with E-state index in [0.29, 0.717) is 11.6 Å². The number of rotatable bonds is 4. The van der Waals surface area contributed by atoms with Crippen molar-refractivity contribution in [3.8, 4) is 0 Å². The van der Waals surface area contributed by atoms with Crippen LogP contribution in [-0.4, -0.2) is 10.2 Å². The van der Waals surface area contributed by atoms with E-state index in [1.54, 1.807) is 6.07 Å². The summed E-state index contributed by atoms with van der Waals surface area (Å²) in [6.45, 7) is 2.18. The third-order valence-corrected chi connectivity index (χ3v) is 2.45. The lowest BCUT2D eigenvalue weighted by molar-refractivity contribution is 0.922. The topological polar surface area (TPSA) is 63.8 Å². The van der Waals surface area contributed by atoms with E-state index in [9.17, 15) is 0 Å². The first-order valence-electron chi connectivity index (χ1n) is 5.73. The summed E-state index contributed by atoms with van der Waals surface area (Å²) in [7, 11) is 0. The van der Waals surface area contributed by atoms with Gasteiger partial charge >= 0.3 is 0 Å². The first kappa shape index (κ1) is 11.4. The fourth-order valence-electron chi connectivity index (χ4n) is 1.60. The van der Waals surface area contributed by atoms with E-state index in [4.69, 9.17) is 5.73 Å². The summed E-state index contributed by atoms with van der Waals surface area (Å²) < 4.78 is 0. The molecule has 1 aromatic heterocycles. The molecule has 1 heterocycles. The molecule has 2 aromatic rings. The molecule has 0 aliphatic rings. The van der Waals surface area contributed by atoms with Crippen molar-refractivity contribution < 1.29 is 0 Å². The second-order valence-corrected chi connectivity index (χ2v) is 3.92. The van der Waals surface area contributed by atoms with Crippen LogP contribution in [0.1, 0.15) is 18.9 Å². The van der Waals surface area contributed by atoms with Crippen molar-refractivity contribution in [1.29, 1.82) is 0 Å². The standard InChI is InChI=1S/C13H16N4/c1-2-3-10-4-6-11(7-5-10)15-13-9-8-12(14)16-17-13/h4-9H,2-3H2,1H3,(H2,14,16)(H,15,17). The molecule has 88 valence electrons. The Morgan fingerprint density at radius 1 is 1.06 bits per heavy atom. The van der Waals surface area contributed by atoms with Gasteiger partial charge < -0.3 is 11.1 Å². The van der Waals surface area contributed by atoms with Crippen LogP contribution in [0, 0.1) is 0 Å². The number of hydrogen-bond acceptors (Lipinski definition) is 4. The maximum Gasteiger partial charge on any atom is 0.153 e. The molecule has 0 spiro atoms. The predicted octanol–water partition coefficient (Wildman–Crippen LogP) is 2.75. The van der Waals surface area contributed by atoms with Gasteiger partial charge in [-0.05, 0) is 36.2 Å². The second kappa shape index (κ2) is 5.30. The zero-order valence-electron chi connectivity index (χ0n) is 9.85. The highest BCUT2D eigenvalue weighted by molar-refractivity contribution is 5.56. The summed E-state index contributed by atoms with van der Waals surface area (Å²) in [5.41, 5.74) is 7.82. The van der Waals surface area contributed by atoms with E-state index >= 15 is 0 Å². The van der Waals surface area contributed by atoms with Gasteiger partial charge in [0.25, 0.3) is 0 Å². The van der Waals surface area contributed by atoms with Crippen LogP contribution in [0.2, 0.25) is 0 Å². The van der Waals surface area contributed by atoms with E-state index in [0.717, 1.165) is 18.5 Å². The zero-order chi connectivity index (χ0) is 12.1. The monoisotopic (exact) mass is 228 g/mol. The van der Waals surface area contributed by atoms with Crippen molar-refractivity contribution in [2.75, 3.05) is 11.1 Å². The number of nitrogens with two attached hydrogens (primary N) is 1. The number of aryl methyl sites for hydroxylation is 1. The summed E-state index contributed by atoms with van der Waals surface area (Å²) in [6.07, 6.45) is 2.28. The highest BCUT2D eigenvalue weighted by atomic mass is 15.2. The minimum absolute atomic E-state index is 0.425. The third-order valence-electron chi connectivity index (χ3n) is 2.45. The largest absolute Gasteiger partial charge is 0.382 e. The van der Waals surface area contributed by atoms with Crippen LogP contribution in [0.3, 0.4) is 0 Å². The number of nitrogens with one attached hydrogen (secondary N) is 1. The van der Waals surface area contributed by atoms with Gasteiger partial charge in [-0.1, -0.05) is 25.5 Å². The van der Waals surface area contributed by atoms with Gasteiger partial charge in [-0.15, -0.1) is 10.2 Å². The first-order chi connectivity index (χ1) is 8.28. The Bertz CT molecular complexity index is 462. The van der Waals surface area contributed by atoms with E-state index in [2.05, 4.69) is 34.6 Å². The summed E-state index contributed by atoms with van der Waals surface area (Å²) in [5, 5.41) is 10.9. The Balaban J connectivity index is 2.05. The molecule has 0 amide bonds. The Morgan fingerprint density at radius 3 is 2.41 bits per heavy atom. The molecular weight excluding hydrogens is 212 g/mol. The summed E-state index contributed by atoms with van der Waals surface area (Å²) in [5.74, 6) is 1.12. The van der Waals surface area contributed by atoms with Crippen LogP contribution < -0.4 is 11.1 Å². The van der Waals surface area contributed by atoms with Crippen LogP contribution >= 0.6 is 0 Å². The molecule has 0 aliphatic carbocycles. The average molecular weight is 228 g/mol. The van der Waals surface area contributed by atoms with Crippen molar-refractivity contribution in [3.63, 3.8) is 0 Å². The van der Waals surface area contributed by atoms with Crippen molar-refractivity contribution >= 4 is 17.3 Å². The number of benzene rings is 1. The van der Waals surface area contributed by atoms with Crippen molar-refractivity contribution in [1.82, 2.24) is 10.2 Å². The fourth-order valence-corrected chi connectivity index (χ4v) is 1.60. The minimum Gasteiger partial charge on any atom is -0.382 e. The normalized spacial score (nSPS) is 10.2. The first-order valence-corrected chi connectivity index (χ1v) is 5.73. The molecule has 4 nitrogen and oxygen atoms in total. The Labute approximate surface area is 101 Å². The highest BCUT2D eigenvalue weighted by Crippen LogP contribution is 2.15. The van der Waals surface area contributed by atoms with Gasteiger partial charge in [0.05, 0.1) is 0 Å². The van der Waals surface area contributed by atoms with Gasteiger partial charge in [0.15, 0.2) is 5.82 Å². The summed E-state index contributed by atoms with van der Waals surface area (Å²) >= 11 is 0.